The van der Waals surface area contributed by atoms with Crippen molar-refractivity contribution in [2.75, 3.05) is 13.7 Å². The summed E-state index contributed by atoms with van der Waals surface area (Å²) in [5.74, 6) is 0.947. The fourth-order valence-corrected chi connectivity index (χ4v) is 2.40. The third-order valence-corrected chi connectivity index (χ3v) is 3.59. The molecule has 0 aliphatic carbocycles. The molecule has 0 amide bonds. The van der Waals surface area contributed by atoms with Crippen molar-refractivity contribution in [3.05, 3.63) is 54.6 Å². The third kappa shape index (κ3) is 2.35. The summed E-state index contributed by atoms with van der Waals surface area (Å²) in [6, 6.07) is 18.9. The Balaban J connectivity index is 2.17. The molecule has 0 radical (unpaired) electrons. The van der Waals surface area contributed by atoms with E-state index in [1.807, 2.05) is 19.1 Å². The van der Waals surface area contributed by atoms with Gasteiger partial charge in [0.25, 0.3) is 0 Å². The lowest BCUT2D eigenvalue weighted by molar-refractivity contribution is 0.0728. The van der Waals surface area contributed by atoms with Crippen molar-refractivity contribution in [1.82, 2.24) is 0 Å². The predicted octanol–water partition coefficient (Wildman–Crippen LogP) is 4.41. The van der Waals surface area contributed by atoms with Gasteiger partial charge in [-0.15, -0.1) is 0 Å². The summed E-state index contributed by atoms with van der Waals surface area (Å²) in [5, 5.41) is 4.70. The number of hydrogen-bond acceptors (Lipinski definition) is 2. The highest BCUT2D eigenvalue weighted by Gasteiger charge is 2.09. The highest BCUT2D eigenvalue weighted by atomic mass is 16.5. The van der Waals surface area contributed by atoms with E-state index in [0.717, 1.165) is 16.5 Å². The Morgan fingerprint density at radius 2 is 1.45 bits per heavy atom. The Kier molecular flexibility index (Phi) is 3.57. The van der Waals surface area contributed by atoms with Gasteiger partial charge in [-0.3, -0.25) is 0 Å². The molecule has 0 heterocycles. The summed E-state index contributed by atoms with van der Waals surface area (Å²) >= 11 is 0. The van der Waals surface area contributed by atoms with E-state index >= 15 is 0 Å². The van der Waals surface area contributed by atoms with Gasteiger partial charge in [-0.2, -0.15) is 0 Å². The van der Waals surface area contributed by atoms with E-state index in [-0.39, 0.29) is 6.10 Å². The van der Waals surface area contributed by atoms with Crippen LogP contribution < -0.4 is 4.74 Å². The zero-order valence-electron chi connectivity index (χ0n) is 11.8. The molecule has 1 atom stereocenters. The molecule has 3 aromatic carbocycles. The first-order valence-electron chi connectivity index (χ1n) is 6.85. The summed E-state index contributed by atoms with van der Waals surface area (Å²) in [6.45, 7) is 2.56. The van der Waals surface area contributed by atoms with Gasteiger partial charge < -0.3 is 9.47 Å². The molecular weight excluding hydrogens is 248 g/mol. The smallest absolute Gasteiger partial charge is 0.135 e. The van der Waals surface area contributed by atoms with Crippen molar-refractivity contribution in [1.29, 1.82) is 0 Å². The molecule has 3 aromatic rings. The van der Waals surface area contributed by atoms with E-state index in [4.69, 9.17) is 9.47 Å². The van der Waals surface area contributed by atoms with Crippen molar-refractivity contribution in [3.63, 3.8) is 0 Å². The highest BCUT2D eigenvalue weighted by Crippen LogP contribution is 2.34. The van der Waals surface area contributed by atoms with Gasteiger partial charge in [-0.05, 0) is 23.8 Å². The van der Waals surface area contributed by atoms with Gasteiger partial charge in [-0.25, -0.2) is 0 Å². The third-order valence-electron chi connectivity index (χ3n) is 3.59. The Morgan fingerprint density at radius 3 is 2.00 bits per heavy atom. The molecule has 20 heavy (non-hydrogen) atoms. The second-order valence-corrected chi connectivity index (χ2v) is 5.01. The van der Waals surface area contributed by atoms with Gasteiger partial charge in [0.15, 0.2) is 0 Å². The largest absolute Gasteiger partial charge is 0.490 e. The lowest BCUT2D eigenvalue weighted by atomic mass is 10.0. The van der Waals surface area contributed by atoms with E-state index in [1.165, 1.54) is 10.8 Å². The molecule has 2 nitrogen and oxygen atoms in total. The lowest BCUT2D eigenvalue weighted by Crippen LogP contribution is -2.16. The molecule has 102 valence electrons. The minimum absolute atomic E-state index is 0.0766. The first-order chi connectivity index (χ1) is 9.79. The van der Waals surface area contributed by atoms with Crippen molar-refractivity contribution < 1.29 is 9.47 Å². The van der Waals surface area contributed by atoms with Crippen LogP contribution in [0, 0.1) is 0 Å². The van der Waals surface area contributed by atoms with Crippen LogP contribution in [0.2, 0.25) is 0 Å². The summed E-state index contributed by atoms with van der Waals surface area (Å²) in [5.41, 5.74) is 0. The number of hydrogen-bond donors (Lipinski definition) is 0. The maximum Gasteiger partial charge on any atom is 0.135 e. The molecule has 0 aliphatic rings. The van der Waals surface area contributed by atoms with Crippen LogP contribution in [-0.4, -0.2) is 19.8 Å². The van der Waals surface area contributed by atoms with Gasteiger partial charge in [0.1, 0.15) is 12.4 Å². The molecule has 1 unspecified atom stereocenters. The van der Waals surface area contributed by atoms with Crippen molar-refractivity contribution in [3.8, 4) is 5.75 Å². The molecule has 0 fully saturated rings. The summed E-state index contributed by atoms with van der Waals surface area (Å²) in [4.78, 5) is 0. The van der Waals surface area contributed by atoms with Gasteiger partial charge in [0, 0.05) is 17.9 Å². The molecule has 2 heteroatoms. The standard InChI is InChI=1S/C18H18O2/c1-13(19-2)12-20-18-16-9-5-3-7-14(16)11-15-8-4-6-10-17(15)18/h3-11,13H,12H2,1-2H3. The van der Waals surface area contributed by atoms with E-state index in [1.54, 1.807) is 7.11 Å². The van der Waals surface area contributed by atoms with Crippen LogP contribution in [0.15, 0.2) is 54.6 Å². The molecule has 0 spiro atoms. The van der Waals surface area contributed by atoms with E-state index in [9.17, 15) is 0 Å². The molecule has 0 saturated heterocycles. The minimum Gasteiger partial charge on any atom is -0.490 e. The van der Waals surface area contributed by atoms with E-state index < -0.39 is 0 Å². The maximum absolute atomic E-state index is 6.06. The highest BCUT2D eigenvalue weighted by molar-refractivity contribution is 6.05. The molecule has 3 rings (SSSR count). The quantitative estimate of drug-likeness (QED) is 0.651. The predicted molar refractivity (Wildman–Crippen MR) is 83.4 cm³/mol. The number of methoxy groups -OCH3 is 1. The topological polar surface area (TPSA) is 18.5 Å². The molecule has 0 aromatic heterocycles. The molecule has 0 N–H and O–H groups in total. The average molecular weight is 266 g/mol. The maximum atomic E-state index is 6.06. The van der Waals surface area contributed by atoms with Gasteiger partial charge >= 0.3 is 0 Å². The lowest BCUT2D eigenvalue weighted by Gasteiger charge is -2.15. The van der Waals surface area contributed by atoms with E-state index in [0.29, 0.717) is 6.61 Å². The Labute approximate surface area is 118 Å². The normalized spacial score (nSPS) is 12.7. The Hall–Kier alpha value is -2.06. The average Bonchev–Trinajstić information content (AvgIpc) is 2.51. The minimum atomic E-state index is 0.0766. The fourth-order valence-electron chi connectivity index (χ4n) is 2.40. The summed E-state index contributed by atoms with van der Waals surface area (Å²) in [6.07, 6.45) is 0.0766. The first kappa shape index (κ1) is 12.9. The molecular formula is C18H18O2. The number of ether oxygens (including phenoxy) is 2. The van der Waals surface area contributed by atoms with E-state index in [2.05, 4.69) is 42.5 Å². The van der Waals surface area contributed by atoms with Gasteiger partial charge in [0.05, 0.1) is 6.10 Å². The van der Waals surface area contributed by atoms with Crippen LogP contribution in [0.3, 0.4) is 0 Å². The molecule has 0 aliphatic heterocycles. The first-order valence-corrected chi connectivity index (χ1v) is 6.85. The molecule has 0 saturated carbocycles. The second kappa shape index (κ2) is 5.51. The number of rotatable bonds is 4. The second-order valence-electron chi connectivity index (χ2n) is 5.01. The van der Waals surface area contributed by atoms with Crippen molar-refractivity contribution in [2.24, 2.45) is 0 Å². The van der Waals surface area contributed by atoms with Gasteiger partial charge in [0.2, 0.25) is 0 Å². The van der Waals surface area contributed by atoms with Gasteiger partial charge in [-0.1, -0.05) is 48.5 Å². The molecule has 0 bridgehead atoms. The Morgan fingerprint density at radius 1 is 0.900 bits per heavy atom. The summed E-state index contributed by atoms with van der Waals surface area (Å²) < 4.78 is 11.3. The van der Waals surface area contributed by atoms with Crippen molar-refractivity contribution in [2.45, 2.75) is 13.0 Å². The zero-order chi connectivity index (χ0) is 13.9. The summed E-state index contributed by atoms with van der Waals surface area (Å²) in [7, 11) is 1.70. The SMILES string of the molecule is COC(C)COc1c2ccccc2cc2ccccc12. The van der Waals surface area contributed by atoms with Crippen LogP contribution in [-0.2, 0) is 4.74 Å². The monoisotopic (exact) mass is 266 g/mol. The fraction of sp³-hybridized carbons (Fsp3) is 0.222. The van der Waals surface area contributed by atoms with Crippen molar-refractivity contribution >= 4 is 21.5 Å². The van der Waals surface area contributed by atoms with Crippen LogP contribution in [0.25, 0.3) is 21.5 Å². The zero-order valence-corrected chi connectivity index (χ0v) is 11.8. The van der Waals surface area contributed by atoms with Crippen LogP contribution in [0.5, 0.6) is 5.75 Å². The van der Waals surface area contributed by atoms with Crippen LogP contribution in [0.1, 0.15) is 6.92 Å². The van der Waals surface area contributed by atoms with Crippen LogP contribution in [0.4, 0.5) is 0 Å². The number of benzene rings is 3. The number of fused-ring (bicyclic) bond motifs is 2. The Bertz CT molecular complexity index is 680. The van der Waals surface area contributed by atoms with Crippen LogP contribution >= 0.6 is 0 Å².